The highest BCUT2D eigenvalue weighted by atomic mass is 32.1. The van der Waals surface area contributed by atoms with Crippen molar-refractivity contribution in [2.45, 2.75) is 32.6 Å². The Hall–Kier alpha value is -3.13. The Balaban J connectivity index is 1.42. The summed E-state index contributed by atoms with van der Waals surface area (Å²) in [5.74, 6) is 0.630. The van der Waals surface area contributed by atoms with Crippen molar-refractivity contribution in [2.75, 3.05) is 6.61 Å². The van der Waals surface area contributed by atoms with E-state index in [1.165, 1.54) is 6.21 Å². The van der Waals surface area contributed by atoms with E-state index in [-0.39, 0.29) is 12.4 Å². The molecule has 7 nitrogen and oxygen atoms in total. The van der Waals surface area contributed by atoms with Crippen LogP contribution in [-0.2, 0) is 22.5 Å². The Morgan fingerprint density at radius 2 is 2.21 bits per heavy atom. The molecule has 1 aromatic carbocycles. The van der Waals surface area contributed by atoms with Crippen LogP contribution in [0.2, 0.25) is 0 Å². The zero-order valence-corrected chi connectivity index (χ0v) is 16.8. The van der Waals surface area contributed by atoms with Crippen LogP contribution in [0.5, 0.6) is 5.75 Å². The monoisotopic (exact) mass is 411 g/mol. The molecule has 0 atom stereocenters. The van der Waals surface area contributed by atoms with E-state index in [0.29, 0.717) is 11.3 Å². The van der Waals surface area contributed by atoms with Crippen LogP contribution in [0.4, 0.5) is 0 Å². The van der Waals surface area contributed by atoms with Crippen molar-refractivity contribution in [2.24, 2.45) is 10.3 Å². The number of hydrogen-bond donors (Lipinski definition) is 2. The maximum Gasteiger partial charge on any atom is 0.280 e. The number of phenolic OH excluding ortho intramolecular Hbond substituents is 1. The van der Waals surface area contributed by atoms with Crippen molar-refractivity contribution in [3.8, 4) is 5.75 Å². The summed E-state index contributed by atoms with van der Waals surface area (Å²) < 4.78 is 5.93. The molecule has 2 aromatic heterocycles. The molecular weight excluding hydrogens is 390 g/mol. The van der Waals surface area contributed by atoms with Gasteiger partial charge in [0.05, 0.1) is 16.8 Å². The average Bonchev–Trinajstić information content (AvgIpc) is 3.37. The van der Waals surface area contributed by atoms with Gasteiger partial charge in [0.2, 0.25) is 0 Å². The third-order valence-electron chi connectivity index (χ3n) is 4.79. The van der Waals surface area contributed by atoms with Crippen LogP contribution >= 0.6 is 11.3 Å². The second-order valence-corrected chi connectivity index (χ2v) is 7.75. The minimum Gasteiger partial charge on any atom is -0.507 e. The molecule has 3 aromatic rings. The van der Waals surface area contributed by atoms with Crippen LogP contribution in [0, 0.1) is 0 Å². The van der Waals surface area contributed by atoms with Gasteiger partial charge in [-0.05, 0) is 49.8 Å². The molecule has 0 saturated carbocycles. The van der Waals surface area contributed by atoms with Gasteiger partial charge in [0.15, 0.2) is 6.61 Å². The quantitative estimate of drug-likeness (QED) is 0.474. The first-order valence-electron chi connectivity index (χ1n) is 9.42. The molecule has 0 saturated heterocycles. The third kappa shape index (κ3) is 4.17. The van der Waals surface area contributed by atoms with Crippen LogP contribution in [0.15, 0.2) is 44.3 Å². The van der Waals surface area contributed by atoms with Gasteiger partial charge in [-0.1, -0.05) is 11.2 Å². The van der Waals surface area contributed by atoms with Crippen LogP contribution < -0.4 is 5.43 Å². The molecule has 1 amide bonds. The molecule has 0 fully saturated rings. The van der Waals surface area contributed by atoms with Crippen molar-refractivity contribution in [3.63, 3.8) is 0 Å². The lowest BCUT2D eigenvalue weighted by Gasteiger charge is -2.09. The number of carbonyl (C=O) groups excluding carboxylic acids is 1. The van der Waals surface area contributed by atoms with Crippen molar-refractivity contribution >= 4 is 40.1 Å². The number of aryl methyl sites for hydroxylation is 2. The van der Waals surface area contributed by atoms with E-state index in [1.807, 2.05) is 24.4 Å². The number of fused-ring (bicyclic) bond motifs is 3. The molecule has 2 heterocycles. The Bertz CT molecular complexity index is 1080. The predicted octanol–water partition coefficient (Wildman–Crippen LogP) is 3.97. The number of nitrogens with zero attached hydrogens (tertiary/aromatic N) is 2. The van der Waals surface area contributed by atoms with Gasteiger partial charge in [-0.2, -0.15) is 5.10 Å². The van der Waals surface area contributed by atoms with Gasteiger partial charge >= 0.3 is 0 Å². The second kappa shape index (κ2) is 8.48. The van der Waals surface area contributed by atoms with Crippen molar-refractivity contribution in [3.05, 3.63) is 51.4 Å². The van der Waals surface area contributed by atoms with Gasteiger partial charge in [-0.3, -0.25) is 4.79 Å². The molecule has 29 heavy (non-hydrogen) atoms. The molecule has 2 N–H and O–H groups in total. The first-order chi connectivity index (χ1) is 14.1. The molecule has 0 aliphatic heterocycles. The normalized spacial score (nSPS) is 14.3. The van der Waals surface area contributed by atoms with E-state index in [0.717, 1.165) is 52.9 Å². The van der Waals surface area contributed by atoms with E-state index >= 15 is 0 Å². The van der Waals surface area contributed by atoms with Gasteiger partial charge in [0.1, 0.15) is 17.1 Å². The van der Waals surface area contributed by atoms with Crippen molar-refractivity contribution < 1.29 is 19.2 Å². The van der Waals surface area contributed by atoms with Gasteiger partial charge in [0.25, 0.3) is 5.91 Å². The standard InChI is InChI=1S/C21H21N3O4S/c1-13(19-7-4-10-29-19)24-27-12-20(26)23-22-11-15-16(25)8-9-18-21(15)14-5-2-3-6-17(14)28-18/h4,7-11,25H,2-3,5-6,12H2,1H3,(H,23,26)/b22-11+,24-13-. The van der Waals surface area contributed by atoms with Crippen LogP contribution in [0.3, 0.4) is 0 Å². The molecule has 0 radical (unpaired) electrons. The van der Waals surface area contributed by atoms with Gasteiger partial charge in [0, 0.05) is 22.9 Å². The highest BCUT2D eigenvalue weighted by Crippen LogP contribution is 2.36. The number of rotatable bonds is 6. The Morgan fingerprint density at radius 1 is 1.34 bits per heavy atom. The largest absolute Gasteiger partial charge is 0.507 e. The first kappa shape index (κ1) is 19.2. The fourth-order valence-corrected chi connectivity index (χ4v) is 4.09. The van der Waals surface area contributed by atoms with E-state index < -0.39 is 5.91 Å². The van der Waals surface area contributed by atoms with Crippen LogP contribution in [0.25, 0.3) is 11.0 Å². The lowest BCUT2D eigenvalue weighted by Crippen LogP contribution is -2.22. The summed E-state index contributed by atoms with van der Waals surface area (Å²) in [6, 6.07) is 7.19. The highest BCUT2D eigenvalue weighted by Gasteiger charge is 2.21. The summed E-state index contributed by atoms with van der Waals surface area (Å²) in [6.45, 7) is 1.56. The van der Waals surface area contributed by atoms with Crippen molar-refractivity contribution in [1.29, 1.82) is 0 Å². The van der Waals surface area contributed by atoms with Gasteiger partial charge < -0.3 is 14.4 Å². The highest BCUT2D eigenvalue weighted by molar-refractivity contribution is 7.12. The zero-order valence-electron chi connectivity index (χ0n) is 16.0. The number of hydrogen-bond acceptors (Lipinski definition) is 7. The molecular formula is C21H21N3O4S. The molecule has 1 aliphatic rings. The Labute approximate surface area is 171 Å². The van der Waals surface area contributed by atoms with Gasteiger partial charge in [-0.25, -0.2) is 5.43 Å². The average molecular weight is 411 g/mol. The number of amides is 1. The molecule has 4 rings (SSSR count). The van der Waals surface area contributed by atoms with Gasteiger partial charge in [-0.15, -0.1) is 11.3 Å². The summed E-state index contributed by atoms with van der Waals surface area (Å²) in [5, 5.41) is 21.0. The van der Waals surface area contributed by atoms with Crippen LogP contribution in [0.1, 0.15) is 41.5 Å². The number of oxime groups is 1. The smallest absolute Gasteiger partial charge is 0.280 e. The van der Waals surface area contributed by atoms with E-state index in [2.05, 4.69) is 15.7 Å². The molecule has 0 unspecified atom stereocenters. The molecule has 0 bridgehead atoms. The minimum absolute atomic E-state index is 0.0945. The van der Waals surface area contributed by atoms with Crippen LogP contribution in [-0.4, -0.2) is 29.5 Å². The fraction of sp³-hybridized carbons (Fsp3) is 0.286. The number of thiophene rings is 1. The summed E-state index contributed by atoms with van der Waals surface area (Å²) >= 11 is 1.55. The number of aromatic hydroxyl groups is 1. The number of carbonyl (C=O) groups is 1. The maximum atomic E-state index is 11.9. The summed E-state index contributed by atoms with van der Waals surface area (Å²) in [4.78, 5) is 18.0. The number of phenols is 1. The maximum absolute atomic E-state index is 11.9. The third-order valence-corrected chi connectivity index (χ3v) is 5.77. The Morgan fingerprint density at radius 3 is 3.03 bits per heavy atom. The Kier molecular flexibility index (Phi) is 5.62. The van der Waals surface area contributed by atoms with E-state index in [4.69, 9.17) is 9.25 Å². The second-order valence-electron chi connectivity index (χ2n) is 6.80. The lowest BCUT2D eigenvalue weighted by molar-refractivity contribution is -0.125. The number of nitrogens with one attached hydrogen (secondary N) is 1. The molecule has 150 valence electrons. The topological polar surface area (TPSA) is 96.4 Å². The zero-order chi connectivity index (χ0) is 20.2. The summed E-state index contributed by atoms with van der Waals surface area (Å²) in [6.07, 6.45) is 5.45. The number of benzene rings is 1. The summed E-state index contributed by atoms with van der Waals surface area (Å²) in [5.41, 5.74) is 5.50. The predicted molar refractivity (Wildman–Crippen MR) is 113 cm³/mol. The molecule has 8 heteroatoms. The minimum atomic E-state index is -0.440. The molecule has 0 spiro atoms. The molecule has 1 aliphatic carbocycles. The van der Waals surface area contributed by atoms with E-state index in [9.17, 15) is 9.90 Å². The first-order valence-corrected chi connectivity index (χ1v) is 10.3. The lowest BCUT2D eigenvalue weighted by atomic mass is 9.94. The SMILES string of the molecule is C/C(=N/OCC(=O)N/N=C/c1c(O)ccc2oc3c(c12)CCCC3)c1cccs1. The fourth-order valence-electron chi connectivity index (χ4n) is 3.42. The number of furan rings is 1. The van der Waals surface area contributed by atoms with E-state index in [1.54, 1.807) is 23.5 Å². The summed E-state index contributed by atoms with van der Waals surface area (Å²) in [7, 11) is 0. The number of hydrazone groups is 1. The van der Waals surface area contributed by atoms with Crippen molar-refractivity contribution in [1.82, 2.24) is 5.43 Å².